The van der Waals surface area contributed by atoms with Crippen LogP contribution in [0.2, 0.25) is 0 Å². The van der Waals surface area contributed by atoms with Gasteiger partial charge in [-0.25, -0.2) is 0 Å². The summed E-state index contributed by atoms with van der Waals surface area (Å²) in [5, 5.41) is 41.9. The maximum Gasteiger partial charge on any atom is 0.230 e. The number of phenols is 1. The Bertz CT molecular complexity index is 1680. The van der Waals surface area contributed by atoms with E-state index in [-0.39, 0.29) is 30.7 Å². The number of nitrogens with one attached hydrogen (secondary N) is 1. The minimum absolute atomic E-state index is 0.00462. The summed E-state index contributed by atoms with van der Waals surface area (Å²) >= 11 is 0. The third-order valence-corrected chi connectivity index (χ3v) is 10.4. The molecule has 250 valence electrons. The third-order valence-electron chi connectivity index (χ3n) is 10.4. The second-order valence-corrected chi connectivity index (χ2v) is 13.8. The number of aromatic nitrogens is 2. The van der Waals surface area contributed by atoms with Crippen molar-refractivity contribution in [1.29, 1.82) is 0 Å². The molecule has 4 aliphatic carbocycles. The van der Waals surface area contributed by atoms with Gasteiger partial charge < -0.3 is 30.9 Å². The first-order valence-corrected chi connectivity index (χ1v) is 15.8. The predicted molar refractivity (Wildman–Crippen MR) is 171 cm³/mol. The summed E-state index contributed by atoms with van der Waals surface area (Å²) in [6.07, 6.45) is 7.37. The van der Waals surface area contributed by atoms with Gasteiger partial charge in [0, 0.05) is 68.8 Å². The highest BCUT2D eigenvalue weighted by Gasteiger charge is 2.69. The molecule has 2 aromatic rings. The molecule has 0 aliphatic heterocycles. The van der Waals surface area contributed by atoms with Crippen molar-refractivity contribution in [2.75, 3.05) is 39.6 Å². The number of allylic oxidation sites excluding steroid dienone is 3. The molecule has 6 rings (SSSR count). The number of phenolic OH excluding ortho intramolecular Hbond substituents is 1. The number of nitrogens with two attached hydrogens (primary N) is 1. The molecule has 2 saturated carbocycles. The molecule has 13 heteroatoms. The second-order valence-electron chi connectivity index (χ2n) is 13.8. The number of anilines is 1. The molecule has 0 spiro atoms. The molecule has 1 amide bonds. The Morgan fingerprint density at radius 2 is 1.87 bits per heavy atom. The van der Waals surface area contributed by atoms with E-state index in [0.29, 0.717) is 29.9 Å². The van der Waals surface area contributed by atoms with Gasteiger partial charge >= 0.3 is 0 Å². The molecule has 1 aromatic carbocycles. The van der Waals surface area contributed by atoms with E-state index >= 15 is 0 Å². The van der Waals surface area contributed by atoms with Crippen LogP contribution in [0.1, 0.15) is 40.0 Å². The van der Waals surface area contributed by atoms with Gasteiger partial charge in [-0.15, -0.1) is 0 Å². The number of aromatic amines is 1. The van der Waals surface area contributed by atoms with Gasteiger partial charge in [-0.2, -0.15) is 5.10 Å². The number of rotatable bonds is 9. The molecule has 6 N–H and O–H groups in total. The Morgan fingerprint density at radius 1 is 1.13 bits per heavy atom. The van der Waals surface area contributed by atoms with Crippen molar-refractivity contribution >= 4 is 28.9 Å². The van der Waals surface area contributed by atoms with E-state index < -0.39 is 64.7 Å². The summed E-state index contributed by atoms with van der Waals surface area (Å²) in [7, 11) is 6.94. The standard InChI is InChI=1S/C34H42N6O7/c1-38(2)23-13-19(15-40(14-17-7-5-6-8-17)16-20-9-10-36-37-20)28(41)25-21(23)11-18-12-22-27(39(3)4)30(43)26(33(35)46)32(45)34(22,47)31(44)24(18)29(25)42/h5-7,9-10,13,18,22,24,26-27,30,41,43,47H,8,11-12,14-16H2,1-4H3,(H2,35,46)(H,36,37)/t18-,22-,24?,26?,27-,30?,34-/m1/s1. The van der Waals surface area contributed by atoms with E-state index in [1.807, 2.05) is 37.2 Å². The van der Waals surface area contributed by atoms with Gasteiger partial charge in [0.25, 0.3) is 0 Å². The number of ketones is 3. The van der Waals surface area contributed by atoms with Crippen LogP contribution in [-0.2, 0) is 33.9 Å². The number of amides is 1. The van der Waals surface area contributed by atoms with Gasteiger partial charge in [0.05, 0.1) is 17.6 Å². The van der Waals surface area contributed by atoms with Crippen LogP contribution < -0.4 is 10.6 Å². The highest BCUT2D eigenvalue weighted by molar-refractivity contribution is 6.25. The number of hydrogen-bond donors (Lipinski definition) is 5. The van der Waals surface area contributed by atoms with Crippen LogP contribution in [0.4, 0.5) is 5.69 Å². The van der Waals surface area contributed by atoms with E-state index in [2.05, 4.69) is 27.2 Å². The highest BCUT2D eigenvalue weighted by atomic mass is 16.3. The fourth-order valence-corrected chi connectivity index (χ4v) is 8.36. The van der Waals surface area contributed by atoms with Crippen LogP contribution in [0, 0.1) is 23.7 Å². The van der Waals surface area contributed by atoms with Crippen molar-refractivity contribution in [3.8, 4) is 5.75 Å². The lowest BCUT2D eigenvalue weighted by Crippen LogP contribution is -2.75. The number of primary amides is 1. The SMILES string of the molecule is CN(C)c1cc(CN(CC2=CC=CC2)Cc2ccn[nH]2)c(O)c2c1C[C@@H]1C[C@@H]3[C@@H](N(C)C)C(O)C(C(N)=O)C(=O)[C@]3(O)C(=O)C1C2=O. The maximum atomic E-state index is 14.4. The lowest BCUT2D eigenvalue weighted by Gasteiger charge is -2.55. The molecule has 1 aromatic heterocycles. The molecule has 7 atom stereocenters. The van der Waals surface area contributed by atoms with Gasteiger partial charge in [-0.05, 0) is 57.0 Å². The number of carbonyl (C=O) groups excluding carboxylic acids is 4. The van der Waals surface area contributed by atoms with E-state index in [9.17, 15) is 34.5 Å². The highest BCUT2D eigenvalue weighted by Crippen LogP contribution is 2.53. The van der Waals surface area contributed by atoms with Crippen LogP contribution in [0.5, 0.6) is 5.75 Å². The van der Waals surface area contributed by atoms with Gasteiger partial charge in [-0.1, -0.05) is 23.8 Å². The Kier molecular flexibility index (Phi) is 8.45. The first kappa shape index (κ1) is 32.8. The van der Waals surface area contributed by atoms with Crippen LogP contribution in [0.3, 0.4) is 0 Å². The van der Waals surface area contributed by atoms with E-state index in [0.717, 1.165) is 12.1 Å². The van der Waals surface area contributed by atoms with E-state index in [1.165, 1.54) is 5.57 Å². The van der Waals surface area contributed by atoms with Crippen LogP contribution in [0.25, 0.3) is 0 Å². The number of hydrogen-bond acceptors (Lipinski definition) is 11. The average molecular weight is 647 g/mol. The first-order valence-electron chi connectivity index (χ1n) is 15.8. The molecule has 3 unspecified atom stereocenters. The summed E-state index contributed by atoms with van der Waals surface area (Å²) in [5.41, 5.74) is 6.65. The van der Waals surface area contributed by atoms with Crippen LogP contribution in [-0.4, -0.2) is 111 Å². The zero-order chi connectivity index (χ0) is 33.9. The topological polar surface area (TPSA) is 193 Å². The van der Waals surface area contributed by atoms with Gasteiger partial charge in [-0.3, -0.25) is 29.2 Å². The molecule has 0 radical (unpaired) electrons. The van der Waals surface area contributed by atoms with Crippen molar-refractivity contribution in [2.45, 2.75) is 50.1 Å². The van der Waals surface area contributed by atoms with Crippen molar-refractivity contribution in [1.82, 2.24) is 20.0 Å². The van der Waals surface area contributed by atoms with Crippen LogP contribution >= 0.6 is 0 Å². The van der Waals surface area contributed by atoms with Gasteiger partial charge in [0.1, 0.15) is 11.7 Å². The molecule has 47 heavy (non-hydrogen) atoms. The number of H-pyrrole nitrogens is 1. The monoisotopic (exact) mass is 646 g/mol. The normalized spacial score (nSPS) is 30.0. The zero-order valence-corrected chi connectivity index (χ0v) is 27.0. The van der Waals surface area contributed by atoms with E-state index in [4.69, 9.17) is 5.73 Å². The summed E-state index contributed by atoms with van der Waals surface area (Å²) in [6.45, 7) is 1.38. The van der Waals surface area contributed by atoms with Crippen LogP contribution in [0.15, 0.2) is 42.1 Å². The lowest BCUT2D eigenvalue weighted by molar-refractivity contribution is -0.190. The zero-order valence-electron chi connectivity index (χ0n) is 27.0. The van der Waals surface area contributed by atoms with Crippen molar-refractivity contribution < 1.29 is 34.5 Å². The Hall–Kier alpha value is -4.17. The molecular weight excluding hydrogens is 604 g/mol. The summed E-state index contributed by atoms with van der Waals surface area (Å²) in [4.78, 5) is 60.3. The average Bonchev–Trinajstić information content (AvgIpc) is 3.70. The summed E-state index contributed by atoms with van der Waals surface area (Å²) in [5.74, 6) is -9.19. The minimum Gasteiger partial charge on any atom is -0.507 e. The second kappa shape index (κ2) is 12.1. The fraction of sp³-hybridized carbons (Fsp3) is 0.500. The van der Waals surface area contributed by atoms with Gasteiger partial charge in [0.2, 0.25) is 5.91 Å². The Morgan fingerprint density at radius 3 is 2.47 bits per heavy atom. The number of fused-ring (bicyclic) bond motifs is 3. The smallest absolute Gasteiger partial charge is 0.230 e. The number of aliphatic hydroxyl groups excluding tert-OH is 1. The molecular formula is C34H42N6O7. The molecule has 0 saturated heterocycles. The number of aliphatic hydroxyl groups is 2. The summed E-state index contributed by atoms with van der Waals surface area (Å²) in [6, 6.07) is 2.79. The molecule has 2 fully saturated rings. The number of aromatic hydroxyl groups is 1. The number of likely N-dealkylation sites (N-methyl/N-ethyl adjacent to an activating group) is 1. The summed E-state index contributed by atoms with van der Waals surface area (Å²) < 4.78 is 0. The van der Waals surface area contributed by atoms with Crippen molar-refractivity contribution in [3.05, 3.63) is 64.5 Å². The van der Waals surface area contributed by atoms with Crippen molar-refractivity contribution in [3.63, 3.8) is 0 Å². The number of carbonyl (C=O) groups is 4. The first-order chi connectivity index (χ1) is 22.2. The molecule has 13 nitrogen and oxygen atoms in total. The number of benzene rings is 1. The quantitative estimate of drug-likeness (QED) is 0.236. The number of nitrogens with zero attached hydrogens (tertiary/aromatic N) is 4. The Balaban J connectivity index is 1.41. The fourth-order valence-electron chi connectivity index (χ4n) is 8.36. The number of Topliss-reactive ketones (excluding diaryl/α,β-unsaturated/α-hetero) is 3. The molecule has 1 heterocycles. The van der Waals surface area contributed by atoms with E-state index in [1.54, 1.807) is 25.2 Å². The van der Waals surface area contributed by atoms with Gasteiger partial charge in [0.15, 0.2) is 23.0 Å². The Labute approximate surface area is 272 Å². The minimum atomic E-state index is -2.70. The largest absolute Gasteiger partial charge is 0.507 e. The maximum absolute atomic E-state index is 14.4. The lowest BCUT2D eigenvalue weighted by atomic mass is 9.52. The third kappa shape index (κ3) is 5.31. The van der Waals surface area contributed by atoms with Crippen molar-refractivity contribution in [2.24, 2.45) is 29.4 Å². The molecule has 4 aliphatic rings. The predicted octanol–water partition coefficient (Wildman–Crippen LogP) is 0.336. The molecule has 0 bridgehead atoms.